The molecule has 4 heteroatoms. The van der Waals surface area contributed by atoms with Crippen molar-refractivity contribution in [3.63, 3.8) is 0 Å². The van der Waals surface area contributed by atoms with Crippen LogP contribution in [0.5, 0.6) is 11.5 Å². The maximum atomic E-state index is 12.7. The van der Waals surface area contributed by atoms with E-state index in [0.717, 1.165) is 12.0 Å². The number of rotatable bonds is 6. The molecule has 158 valence electrons. The van der Waals surface area contributed by atoms with E-state index in [1.807, 2.05) is 18.2 Å². The molecular weight excluding hydrogens is 386 g/mol. The maximum Gasteiger partial charge on any atom is 0.224 e. The molecule has 0 radical (unpaired) electrons. The van der Waals surface area contributed by atoms with Crippen molar-refractivity contribution in [2.75, 3.05) is 20.8 Å². The molecule has 0 unspecified atom stereocenters. The fraction of sp³-hybridized carbons (Fsp3) is 0.296. The predicted molar refractivity (Wildman–Crippen MR) is 121 cm³/mol. The van der Waals surface area contributed by atoms with Gasteiger partial charge in [0.15, 0.2) is 11.5 Å². The number of ether oxygens (including phenoxy) is 2. The third-order valence-electron chi connectivity index (χ3n) is 6.80. The summed E-state index contributed by atoms with van der Waals surface area (Å²) in [5.41, 5.74) is 6.68. The number of carbonyl (C=O) groups excluding carboxylic acids is 1. The summed E-state index contributed by atoms with van der Waals surface area (Å²) in [7, 11) is 3.22. The minimum absolute atomic E-state index is 0.0373. The largest absolute Gasteiger partial charge is 0.493 e. The van der Waals surface area contributed by atoms with Crippen molar-refractivity contribution in [2.45, 2.75) is 24.7 Å². The lowest BCUT2D eigenvalue weighted by atomic mass is 9.59. The number of nitrogens with one attached hydrogen (secondary N) is 1. The Labute approximate surface area is 183 Å². The minimum Gasteiger partial charge on any atom is -0.493 e. The molecule has 4 nitrogen and oxygen atoms in total. The maximum absolute atomic E-state index is 12.7. The summed E-state index contributed by atoms with van der Waals surface area (Å²) in [5.74, 6) is 2.52. The summed E-state index contributed by atoms with van der Waals surface area (Å²) in [6, 6.07) is 23.2. The van der Waals surface area contributed by atoms with Gasteiger partial charge >= 0.3 is 0 Å². The topological polar surface area (TPSA) is 47.6 Å². The number of hydrogen-bond acceptors (Lipinski definition) is 3. The second kappa shape index (κ2) is 8.10. The van der Waals surface area contributed by atoms with Gasteiger partial charge in [-0.05, 0) is 52.3 Å². The van der Waals surface area contributed by atoms with Gasteiger partial charge in [-0.1, -0.05) is 54.6 Å². The lowest BCUT2D eigenvalue weighted by molar-refractivity contribution is -0.120. The highest BCUT2D eigenvalue weighted by atomic mass is 16.5. The first-order valence-corrected chi connectivity index (χ1v) is 10.8. The normalized spacial score (nSPS) is 20.5. The van der Waals surface area contributed by atoms with Crippen molar-refractivity contribution >= 4 is 5.91 Å². The Bertz CT molecular complexity index is 1080. The van der Waals surface area contributed by atoms with Crippen molar-refractivity contribution < 1.29 is 14.3 Å². The molecule has 0 aliphatic heterocycles. The van der Waals surface area contributed by atoms with E-state index in [-0.39, 0.29) is 5.91 Å². The molecule has 1 amide bonds. The summed E-state index contributed by atoms with van der Waals surface area (Å²) >= 11 is 0. The van der Waals surface area contributed by atoms with Crippen LogP contribution in [0.2, 0.25) is 0 Å². The Morgan fingerprint density at radius 2 is 1.48 bits per heavy atom. The van der Waals surface area contributed by atoms with E-state index in [1.54, 1.807) is 14.2 Å². The van der Waals surface area contributed by atoms with Crippen LogP contribution in [-0.4, -0.2) is 26.7 Å². The molecule has 0 spiro atoms. The molecule has 31 heavy (non-hydrogen) atoms. The van der Waals surface area contributed by atoms with Gasteiger partial charge in [0, 0.05) is 18.4 Å². The number of fused-ring (bicyclic) bond motifs is 1. The van der Waals surface area contributed by atoms with Crippen LogP contribution < -0.4 is 14.8 Å². The van der Waals surface area contributed by atoms with E-state index in [9.17, 15) is 4.79 Å². The van der Waals surface area contributed by atoms with Crippen LogP contribution in [-0.2, 0) is 11.2 Å². The Kier molecular flexibility index (Phi) is 5.14. The molecule has 1 atom stereocenters. The number of carbonyl (C=O) groups is 1. The summed E-state index contributed by atoms with van der Waals surface area (Å²) in [6.45, 7) is 0.690. The first kappa shape index (κ1) is 19.7. The van der Waals surface area contributed by atoms with Crippen LogP contribution >= 0.6 is 0 Å². The van der Waals surface area contributed by atoms with Crippen LogP contribution in [0, 0.1) is 5.92 Å². The zero-order valence-corrected chi connectivity index (χ0v) is 17.9. The van der Waals surface area contributed by atoms with E-state index < -0.39 is 0 Å². The molecule has 0 heterocycles. The minimum atomic E-state index is 0.0373. The summed E-state index contributed by atoms with van der Waals surface area (Å²) in [4.78, 5) is 12.7. The van der Waals surface area contributed by atoms with Crippen LogP contribution in [0.15, 0.2) is 66.7 Å². The number of hydrogen-bond donors (Lipinski definition) is 1. The van der Waals surface area contributed by atoms with E-state index in [1.165, 1.54) is 22.3 Å². The van der Waals surface area contributed by atoms with Crippen LogP contribution in [0.3, 0.4) is 0 Å². The fourth-order valence-electron chi connectivity index (χ4n) is 5.44. The van der Waals surface area contributed by atoms with Crippen LogP contribution in [0.1, 0.15) is 46.1 Å². The van der Waals surface area contributed by atoms with Gasteiger partial charge < -0.3 is 14.8 Å². The summed E-state index contributed by atoms with van der Waals surface area (Å²) in [6.07, 6.45) is 1.41. The average Bonchev–Trinajstić information content (AvgIpc) is 2.82. The third-order valence-corrected chi connectivity index (χ3v) is 6.80. The molecule has 0 aromatic heterocycles. The Morgan fingerprint density at radius 1 is 0.871 bits per heavy atom. The van der Waals surface area contributed by atoms with E-state index in [0.29, 0.717) is 42.2 Å². The second-order valence-electron chi connectivity index (χ2n) is 8.45. The van der Waals surface area contributed by atoms with Crippen molar-refractivity contribution in [3.05, 3.63) is 94.5 Å². The first-order chi connectivity index (χ1) is 15.2. The summed E-state index contributed by atoms with van der Waals surface area (Å²) < 4.78 is 10.6. The second-order valence-corrected chi connectivity index (χ2v) is 8.45. The SMILES string of the molecule is COc1ccc(CC(=O)NC[C@@H]2CC3c4ccccc4C2c2ccccc23)cc1OC. The number of amides is 1. The standard InChI is InChI=1S/C27H27NO3/c1-30-24-12-11-17(13-25(24)31-2)14-26(29)28-16-18-15-23-19-7-3-5-9-21(19)27(18)22-10-6-4-8-20(22)23/h3-13,18,23,27H,14-16H2,1-2H3,(H,28,29)/t18-,23?,27?/m0/s1. The van der Waals surface area contributed by atoms with E-state index >= 15 is 0 Å². The van der Waals surface area contributed by atoms with Gasteiger partial charge in [0.2, 0.25) is 5.91 Å². The zero-order valence-electron chi connectivity index (χ0n) is 17.9. The number of benzene rings is 3. The van der Waals surface area contributed by atoms with Crippen molar-refractivity contribution in [3.8, 4) is 11.5 Å². The third kappa shape index (κ3) is 3.46. The molecule has 3 aliphatic rings. The molecule has 0 saturated carbocycles. The van der Waals surface area contributed by atoms with Crippen molar-refractivity contribution in [1.82, 2.24) is 5.32 Å². The highest BCUT2D eigenvalue weighted by Crippen LogP contribution is 2.55. The molecule has 0 fully saturated rings. The molecule has 3 aromatic rings. The van der Waals surface area contributed by atoms with Gasteiger partial charge in [-0.3, -0.25) is 4.79 Å². The van der Waals surface area contributed by atoms with Crippen molar-refractivity contribution in [2.24, 2.45) is 5.92 Å². The van der Waals surface area contributed by atoms with E-state index in [2.05, 4.69) is 53.8 Å². The molecule has 3 aliphatic carbocycles. The average molecular weight is 414 g/mol. The van der Waals surface area contributed by atoms with Crippen molar-refractivity contribution in [1.29, 1.82) is 0 Å². The van der Waals surface area contributed by atoms with E-state index in [4.69, 9.17) is 9.47 Å². The zero-order chi connectivity index (χ0) is 21.4. The van der Waals surface area contributed by atoms with Gasteiger partial charge in [0.05, 0.1) is 20.6 Å². The highest BCUT2D eigenvalue weighted by Gasteiger charge is 2.42. The van der Waals surface area contributed by atoms with Crippen LogP contribution in [0.25, 0.3) is 0 Å². The quantitative estimate of drug-likeness (QED) is 0.639. The monoisotopic (exact) mass is 413 g/mol. The molecule has 0 saturated heterocycles. The molecule has 6 rings (SSSR count). The Morgan fingerprint density at radius 3 is 2.10 bits per heavy atom. The van der Waals surface area contributed by atoms with Gasteiger partial charge in [0.25, 0.3) is 0 Å². The first-order valence-electron chi connectivity index (χ1n) is 10.8. The molecular formula is C27H27NO3. The van der Waals surface area contributed by atoms with Crippen LogP contribution in [0.4, 0.5) is 0 Å². The molecule has 2 bridgehead atoms. The lowest BCUT2D eigenvalue weighted by Crippen LogP contribution is -2.39. The van der Waals surface area contributed by atoms with Gasteiger partial charge in [-0.25, -0.2) is 0 Å². The fourth-order valence-corrected chi connectivity index (χ4v) is 5.44. The van der Waals surface area contributed by atoms with Gasteiger partial charge in [0.1, 0.15) is 0 Å². The molecule has 1 N–H and O–H groups in total. The Hall–Kier alpha value is -3.27. The Balaban J connectivity index is 1.31. The summed E-state index contributed by atoms with van der Waals surface area (Å²) in [5, 5.41) is 3.20. The smallest absolute Gasteiger partial charge is 0.224 e. The van der Waals surface area contributed by atoms with Gasteiger partial charge in [-0.2, -0.15) is 0 Å². The molecule has 3 aromatic carbocycles. The number of methoxy groups -OCH3 is 2. The lowest BCUT2D eigenvalue weighted by Gasteiger charge is -2.45. The van der Waals surface area contributed by atoms with Gasteiger partial charge in [-0.15, -0.1) is 0 Å². The highest BCUT2D eigenvalue weighted by molar-refractivity contribution is 5.78. The predicted octanol–water partition coefficient (Wildman–Crippen LogP) is 4.66.